The smallest absolute Gasteiger partial charge is 0.255 e. The lowest BCUT2D eigenvalue weighted by atomic mass is 10.2. The average Bonchev–Trinajstić information content (AvgIpc) is 2.89. The third kappa shape index (κ3) is 4.12. The van der Waals surface area contributed by atoms with Crippen LogP contribution in [-0.4, -0.2) is 39.5 Å². The van der Waals surface area contributed by atoms with E-state index in [9.17, 15) is 4.79 Å². The van der Waals surface area contributed by atoms with E-state index in [1.807, 2.05) is 12.3 Å². The molecule has 0 saturated carbocycles. The number of aliphatic hydroxyl groups is 1. The summed E-state index contributed by atoms with van der Waals surface area (Å²) in [6, 6.07) is 1.67. The molecule has 2 aromatic heterocycles. The summed E-state index contributed by atoms with van der Waals surface area (Å²) in [5.74, 6) is 5.13. The Morgan fingerprint density at radius 1 is 1.48 bits per heavy atom. The Kier molecular flexibility index (Phi) is 5.04. The lowest BCUT2D eigenvalue weighted by Crippen LogP contribution is -2.26. The highest BCUT2D eigenvalue weighted by atomic mass is 32.1. The van der Waals surface area contributed by atoms with E-state index in [0.717, 1.165) is 10.7 Å². The van der Waals surface area contributed by atoms with Crippen LogP contribution in [-0.2, 0) is 6.54 Å². The van der Waals surface area contributed by atoms with Crippen molar-refractivity contribution < 1.29 is 9.90 Å². The fourth-order valence-corrected chi connectivity index (χ4v) is 2.39. The van der Waals surface area contributed by atoms with Gasteiger partial charge in [0.25, 0.3) is 5.91 Å². The minimum atomic E-state index is -0.221. The zero-order valence-electron chi connectivity index (χ0n) is 11.8. The van der Waals surface area contributed by atoms with Crippen LogP contribution < -0.4 is 0 Å². The first-order valence-electron chi connectivity index (χ1n) is 6.31. The molecule has 0 aliphatic rings. The van der Waals surface area contributed by atoms with Crippen LogP contribution in [0.3, 0.4) is 0 Å². The predicted molar refractivity (Wildman–Crippen MR) is 80.8 cm³/mol. The van der Waals surface area contributed by atoms with Crippen molar-refractivity contribution in [3.63, 3.8) is 0 Å². The molecule has 0 saturated heterocycles. The van der Waals surface area contributed by atoms with Crippen molar-refractivity contribution in [1.82, 2.24) is 14.9 Å². The van der Waals surface area contributed by atoms with E-state index in [0.29, 0.717) is 17.7 Å². The third-order valence-electron chi connectivity index (χ3n) is 2.71. The number of thiazole rings is 1. The maximum Gasteiger partial charge on any atom is 0.255 e. The Morgan fingerprint density at radius 2 is 2.29 bits per heavy atom. The van der Waals surface area contributed by atoms with Gasteiger partial charge in [0.2, 0.25) is 0 Å². The highest BCUT2D eigenvalue weighted by Crippen LogP contribution is 2.12. The van der Waals surface area contributed by atoms with Crippen LogP contribution in [0.2, 0.25) is 0 Å². The molecule has 5 nitrogen and oxygen atoms in total. The Morgan fingerprint density at radius 3 is 2.95 bits per heavy atom. The molecule has 2 aromatic rings. The topological polar surface area (TPSA) is 66.3 Å². The van der Waals surface area contributed by atoms with Crippen molar-refractivity contribution in [2.45, 2.75) is 13.5 Å². The van der Waals surface area contributed by atoms with E-state index in [2.05, 4.69) is 21.8 Å². The van der Waals surface area contributed by atoms with Gasteiger partial charge in [-0.25, -0.2) is 4.98 Å². The van der Waals surface area contributed by atoms with Gasteiger partial charge in [-0.3, -0.25) is 9.78 Å². The SMILES string of the molecule is Cc1nc(CN(C)C(=O)c2cncc(C#CCO)c2)cs1. The Hall–Kier alpha value is -2.23. The number of pyridine rings is 1. The first-order valence-corrected chi connectivity index (χ1v) is 7.19. The summed E-state index contributed by atoms with van der Waals surface area (Å²) in [5, 5.41) is 11.6. The van der Waals surface area contributed by atoms with Crippen LogP contribution in [0, 0.1) is 18.8 Å². The second-order valence-electron chi connectivity index (χ2n) is 4.44. The molecule has 0 unspecified atom stereocenters. The highest BCUT2D eigenvalue weighted by molar-refractivity contribution is 7.09. The fraction of sp³-hybridized carbons (Fsp3) is 0.267. The van der Waals surface area contributed by atoms with Gasteiger partial charge < -0.3 is 10.0 Å². The molecule has 2 heterocycles. The van der Waals surface area contributed by atoms with E-state index in [4.69, 9.17) is 5.11 Å². The zero-order chi connectivity index (χ0) is 15.2. The minimum absolute atomic E-state index is 0.138. The normalized spacial score (nSPS) is 9.86. The summed E-state index contributed by atoms with van der Waals surface area (Å²) in [6.45, 7) is 2.17. The minimum Gasteiger partial charge on any atom is -0.384 e. The van der Waals surface area contributed by atoms with Crippen molar-refractivity contribution in [3.05, 3.63) is 45.7 Å². The number of amides is 1. The molecule has 6 heteroatoms. The zero-order valence-corrected chi connectivity index (χ0v) is 12.6. The van der Waals surface area contributed by atoms with Gasteiger partial charge >= 0.3 is 0 Å². The van der Waals surface area contributed by atoms with Crippen molar-refractivity contribution in [2.24, 2.45) is 0 Å². The maximum atomic E-state index is 12.3. The number of carbonyl (C=O) groups excluding carboxylic acids is 1. The molecule has 0 fully saturated rings. The van der Waals surface area contributed by atoms with Crippen molar-refractivity contribution >= 4 is 17.2 Å². The summed E-state index contributed by atoms with van der Waals surface area (Å²) in [5.41, 5.74) is 1.94. The maximum absolute atomic E-state index is 12.3. The number of nitrogens with zero attached hydrogens (tertiary/aromatic N) is 3. The fourth-order valence-electron chi connectivity index (χ4n) is 1.78. The van der Waals surface area contributed by atoms with E-state index >= 15 is 0 Å². The molecule has 108 valence electrons. The quantitative estimate of drug-likeness (QED) is 0.872. The van der Waals surface area contributed by atoms with Crippen LogP contribution in [0.25, 0.3) is 0 Å². The first-order chi connectivity index (χ1) is 10.1. The van der Waals surface area contributed by atoms with Crippen LogP contribution in [0.5, 0.6) is 0 Å². The summed E-state index contributed by atoms with van der Waals surface area (Å²) in [4.78, 5) is 22.3. The van der Waals surface area contributed by atoms with Crippen molar-refractivity contribution in [1.29, 1.82) is 0 Å². The number of aromatic nitrogens is 2. The van der Waals surface area contributed by atoms with Gasteiger partial charge in [0, 0.05) is 30.4 Å². The standard InChI is InChI=1S/C15H15N3O2S/c1-11-17-14(10-21-11)9-18(2)15(20)13-6-12(4-3-5-19)7-16-8-13/h6-8,10,19H,5,9H2,1-2H3. The van der Waals surface area contributed by atoms with E-state index in [1.54, 1.807) is 35.5 Å². The summed E-state index contributed by atoms with van der Waals surface area (Å²) >= 11 is 1.56. The van der Waals surface area contributed by atoms with Crippen LogP contribution in [0.4, 0.5) is 0 Å². The van der Waals surface area contributed by atoms with Gasteiger partial charge in [-0.1, -0.05) is 11.8 Å². The van der Waals surface area contributed by atoms with E-state index in [-0.39, 0.29) is 12.5 Å². The van der Waals surface area contributed by atoms with Gasteiger partial charge in [0.15, 0.2) is 0 Å². The lowest BCUT2D eigenvalue weighted by molar-refractivity contribution is 0.0783. The molecule has 0 bridgehead atoms. The van der Waals surface area contributed by atoms with Crippen molar-refractivity contribution in [2.75, 3.05) is 13.7 Å². The van der Waals surface area contributed by atoms with E-state index in [1.165, 1.54) is 6.20 Å². The number of carbonyl (C=O) groups is 1. The summed E-state index contributed by atoms with van der Waals surface area (Å²) in [6.07, 6.45) is 3.07. The molecule has 1 amide bonds. The molecule has 0 atom stereocenters. The number of hydrogen-bond donors (Lipinski definition) is 1. The second kappa shape index (κ2) is 6.97. The van der Waals surface area contributed by atoms with Gasteiger partial charge in [-0.15, -0.1) is 11.3 Å². The number of aryl methyl sites for hydroxylation is 1. The van der Waals surface area contributed by atoms with Gasteiger partial charge in [0.05, 0.1) is 22.8 Å². The summed E-state index contributed by atoms with van der Waals surface area (Å²) < 4.78 is 0. The van der Waals surface area contributed by atoms with E-state index < -0.39 is 0 Å². The second-order valence-corrected chi connectivity index (χ2v) is 5.50. The monoisotopic (exact) mass is 301 g/mol. The van der Waals surface area contributed by atoms with Gasteiger partial charge in [0.1, 0.15) is 6.61 Å². The molecule has 0 aliphatic heterocycles. The van der Waals surface area contributed by atoms with Crippen LogP contribution in [0.1, 0.15) is 26.6 Å². The lowest BCUT2D eigenvalue weighted by Gasteiger charge is -2.15. The molecule has 21 heavy (non-hydrogen) atoms. The molecule has 0 aromatic carbocycles. The third-order valence-corrected chi connectivity index (χ3v) is 3.53. The Bertz CT molecular complexity index is 700. The predicted octanol–water partition coefficient (Wildman–Crippen LogP) is 1.46. The van der Waals surface area contributed by atoms with Crippen molar-refractivity contribution in [3.8, 4) is 11.8 Å². The number of hydrogen-bond acceptors (Lipinski definition) is 5. The first kappa shape index (κ1) is 15.2. The van der Waals surface area contributed by atoms with Gasteiger partial charge in [-0.05, 0) is 13.0 Å². The highest BCUT2D eigenvalue weighted by Gasteiger charge is 2.14. The Labute approximate surface area is 127 Å². The Balaban J connectivity index is 2.11. The average molecular weight is 301 g/mol. The molecular formula is C15H15N3O2S. The summed E-state index contributed by atoms with van der Waals surface area (Å²) in [7, 11) is 1.73. The van der Waals surface area contributed by atoms with Crippen LogP contribution >= 0.6 is 11.3 Å². The molecule has 1 N–H and O–H groups in total. The molecule has 0 radical (unpaired) electrons. The molecule has 0 spiro atoms. The number of rotatable bonds is 3. The largest absolute Gasteiger partial charge is 0.384 e. The van der Waals surface area contributed by atoms with Gasteiger partial charge in [-0.2, -0.15) is 0 Å². The molecule has 2 rings (SSSR count). The number of aliphatic hydroxyl groups excluding tert-OH is 1. The van der Waals surface area contributed by atoms with Crippen LogP contribution in [0.15, 0.2) is 23.8 Å². The molecule has 0 aliphatic carbocycles. The molecular weight excluding hydrogens is 286 g/mol.